The highest BCUT2D eigenvalue weighted by Crippen LogP contribution is 2.42. The lowest BCUT2D eigenvalue weighted by Gasteiger charge is -2.34. The first-order valence-electron chi connectivity index (χ1n) is 9.04. The predicted molar refractivity (Wildman–Crippen MR) is 101 cm³/mol. The van der Waals surface area contributed by atoms with Gasteiger partial charge in [0.2, 0.25) is 5.91 Å². The van der Waals surface area contributed by atoms with E-state index in [2.05, 4.69) is 5.32 Å². The number of allylic oxidation sites excluding steroid dienone is 2. The molecular formula is C22H21NO4. The molecule has 0 bridgehead atoms. The first-order chi connectivity index (χ1) is 13.0. The third-order valence-electron chi connectivity index (χ3n) is 5.42. The van der Waals surface area contributed by atoms with Gasteiger partial charge in [0, 0.05) is 30.0 Å². The number of Topliss-reactive ketones (excluding diaryl/α,β-unsaturated/α-hetero) is 1. The second-order valence-corrected chi connectivity index (χ2v) is 7.09. The minimum atomic E-state index is -0.251. The van der Waals surface area contributed by atoms with Crippen molar-refractivity contribution >= 4 is 11.7 Å². The maximum absolute atomic E-state index is 13.0. The molecule has 2 aliphatic rings. The van der Waals surface area contributed by atoms with E-state index in [1.807, 2.05) is 24.3 Å². The number of benzene rings is 2. The molecule has 1 aliphatic heterocycles. The summed E-state index contributed by atoms with van der Waals surface area (Å²) in [6, 6.07) is 14.5. The third-order valence-corrected chi connectivity index (χ3v) is 5.42. The van der Waals surface area contributed by atoms with E-state index >= 15 is 0 Å². The lowest BCUT2D eigenvalue weighted by atomic mass is 9.73. The number of nitrogens with one attached hydrogen (secondary N) is 1. The number of hydrogen-bond donors (Lipinski definition) is 2. The average molecular weight is 363 g/mol. The Kier molecular flexibility index (Phi) is 4.44. The van der Waals surface area contributed by atoms with Crippen LogP contribution in [0.15, 0.2) is 59.8 Å². The maximum Gasteiger partial charge on any atom is 0.225 e. The number of carbonyl (C=O) groups excluding carboxylic acids is 2. The molecule has 27 heavy (non-hydrogen) atoms. The van der Waals surface area contributed by atoms with Crippen molar-refractivity contribution in [3.63, 3.8) is 0 Å². The molecule has 0 aromatic heterocycles. The number of ketones is 1. The third kappa shape index (κ3) is 3.33. The fourth-order valence-electron chi connectivity index (χ4n) is 4.06. The van der Waals surface area contributed by atoms with E-state index in [9.17, 15) is 14.7 Å². The smallest absolute Gasteiger partial charge is 0.225 e. The Morgan fingerprint density at radius 1 is 0.926 bits per heavy atom. The number of phenols is 1. The van der Waals surface area contributed by atoms with Crippen molar-refractivity contribution < 1.29 is 19.4 Å². The summed E-state index contributed by atoms with van der Waals surface area (Å²) in [4.78, 5) is 25.3. The van der Waals surface area contributed by atoms with Crippen molar-refractivity contribution in [1.82, 2.24) is 5.32 Å². The number of amides is 1. The Morgan fingerprint density at radius 3 is 2.26 bits per heavy atom. The van der Waals surface area contributed by atoms with Crippen molar-refractivity contribution in [1.29, 1.82) is 0 Å². The molecule has 1 heterocycles. The van der Waals surface area contributed by atoms with Crippen LogP contribution in [0.1, 0.15) is 42.2 Å². The number of ether oxygens (including phenoxy) is 1. The van der Waals surface area contributed by atoms with Gasteiger partial charge in [-0.15, -0.1) is 0 Å². The van der Waals surface area contributed by atoms with Gasteiger partial charge in [-0.25, -0.2) is 0 Å². The van der Waals surface area contributed by atoms with E-state index in [4.69, 9.17) is 4.74 Å². The van der Waals surface area contributed by atoms with Gasteiger partial charge in [0.15, 0.2) is 5.78 Å². The molecule has 2 atom stereocenters. The Hall–Kier alpha value is -3.08. The maximum atomic E-state index is 13.0. The fourth-order valence-corrected chi connectivity index (χ4v) is 4.06. The molecule has 0 fully saturated rings. The van der Waals surface area contributed by atoms with Crippen LogP contribution >= 0.6 is 0 Å². The molecule has 0 spiro atoms. The van der Waals surface area contributed by atoms with Gasteiger partial charge in [-0.05, 0) is 47.7 Å². The van der Waals surface area contributed by atoms with E-state index in [-0.39, 0.29) is 35.7 Å². The summed E-state index contributed by atoms with van der Waals surface area (Å²) in [6.45, 7) is 0. The van der Waals surface area contributed by atoms with Crippen LogP contribution in [-0.4, -0.2) is 23.9 Å². The predicted octanol–water partition coefficient (Wildman–Crippen LogP) is 3.41. The number of rotatable bonds is 3. The van der Waals surface area contributed by atoms with Crippen LogP contribution in [-0.2, 0) is 9.59 Å². The molecule has 0 radical (unpaired) electrons. The molecule has 2 N–H and O–H groups in total. The first kappa shape index (κ1) is 17.3. The van der Waals surface area contributed by atoms with Gasteiger partial charge in [0.05, 0.1) is 7.11 Å². The molecule has 2 aromatic rings. The zero-order valence-corrected chi connectivity index (χ0v) is 15.1. The number of phenolic OH excluding ortho intramolecular Hbond substituents is 1. The van der Waals surface area contributed by atoms with Gasteiger partial charge in [-0.2, -0.15) is 0 Å². The monoisotopic (exact) mass is 363 g/mol. The molecule has 0 unspecified atom stereocenters. The van der Waals surface area contributed by atoms with Gasteiger partial charge in [0.1, 0.15) is 11.5 Å². The van der Waals surface area contributed by atoms with Gasteiger partial charge in [0.25, 0.3) is 0 Å². The fraction of sp³-hybridized carbons (Fsp3) is 0.273. The summed E-state index contributed by atoms with van der Waals surface area (Å²) in [5.41, 5.74) is 3.40. The first-order valence-corrected chi connectivity index (χ1v) is 9.04. The normalized spacial score (nSPS) is 22.3. The lowest BCUT2D eigenvalue weighted by molar-refractivity contribution is -0.122. The molecule has 138 valence electrons. The van der Waals surface area contributed by atoms with Crippen LogP contribution in [0.3, 0.4) is 0 Å². The number of carbonyl (C=O) groups is 2. The highest BCUT2D eigenvalue weighted by molar-refractivity contribution is 6.02. The molecule has 1 aliphatic carbocycles. The van der Waals surface area contributed by atoms with E-state index in [1.165, 1.54) is 0 Å². The SMILES string of the molecule is COc1ccc([C@@H]2CC(=O)C3=C(C2)NC(=O)C[C@@H]3c2ccc(O)cc2)cc1. The summed E-state index contributed by atoms with van der Waals surface area (Å²) in [5, 5.41) is 12.5. The van der Waals surface area contributed by atoms with E-state index in [1.54, 1.807) is 31.4 Å². The number of methoxy groups -OCH3 is 1. The van der Waals surface area contributed by atoms with Gasteiger partial charge in [-0.1, -0.05) is 24.3 Å². The molecule has 4 rings (SSSR count). The summed E-state index contributed by atoms with van der Waals surface area (Å²) in [6.07, 6.45) is 1.31. The van der Waals surface area contributed by atoms with Crippen molar-refractivity contribution in [3.8, 4) is 11.5 Å². The van der Waals surface area contributed by atoms with E-state index in [0.717, 1.165) is 22.6 Å². The number of aromatic hydroxyl groups is 1. The second-order valence-electron chi connectivity index (χ2n) is 7.09. The highest BCUT2D eigenvalue weighted by Gasteiger charge is 2.38. The van der Waals surface area contributed by atoms with Gasteiger partial charge < -0.3 is 15.2 Å². The van der Waals surface area contributed by atoms with Crippen LogP contribution < -0.4 is 10.1 Å². The van der Waals surface area contributed by atoms with Crippen LogP contribution in [0.4, 0.5) is 0 Å². The topological polar surface area (TPSA) is 75.6 Å². The van der Waals surface area contributed by atoms with Crippen LogP contribution in [0.25, 0.3) is 0 Å². The average Bonchev–Trinajstić information content (AvgIpc) is 2.67. The second kappa shape index (κ2) is 6.91. The van der Waals surface area contributed by atoms with E-state index in [0.29, 0.717) is 18.4 Å². The Bertz CT molecular complexity index is 912. The van der Waals surface area contributed by atoms with Crippen LogP contribution in [0.5, 0.6) is 11.5 Å². The summed E-state index contributed by atoms with van der Waals surface area (Å²) in [5.74, 6) is 0.742. The van der Waals surface area contributed by atoms with E-state index < -0.39 is 0 Å². The quantitative estimate of drug-likeness (QED) is 0.876. The lowest BCUT2D eigenvalue weighted by Crippen LogP contribution is -2.38. The van der Waals surface area contributed by atoms with Crippen molar-refractivity contribution in [2.45, 2.75) is 31.1 Å². The Labute approximate surface area is 157 Å². The molecular weight excluding hydrogens is 342 g/mol. The van der Waals surface area contributed by atoms with Crippen molar-refractivity contribution in [2.24, 2.45) is 0 Å². The van der Waals surface area contributed by atoms with Crippen LogP contribution in [0, 0.1) is 0 Å². The van der Waals surface area contributed by atoms with Crippen LogP contribution in [0.2, 0.25) is 0 Å². The summed E-state index contributed by atoms with van der Waals surface area (Å²) >= 11 is 0. The molecule has 5 heteroatoms. The largest absolute Gasteiger partial charge is 0.508 e. The standard InChI is InChI=1S/C22H21NO4/c1-27-17-8-4-13(5-9-17)15-10-19-22(20(25)11-15)18(12-21(26)23-19)14-2-6-16(24)7-3-14/h2-9,15,18,24H,10-12H2,1H3,(H,23,26)/t15-,18+/m0/s1. The van der Waals surface area contributed by atoms with Gasteiger partial charge in [-0.3, -0.25) is 9.59 Å². The highest BCUT2D eigenvalue weighted by atomic mass is 16.5. The zero-order valence-electron chi connectivity index (χ0n) is 15.1. The summed E-state index contributed by atoms with van der Waals surface area (Å²) in [7, 11) is 1.62. The minimum Gasteiger partial charge on any atom is -0.508 e. The van der Waals surface area contributed by atoms with Crippen molar-refractivity contribution in [2.75, 3.05) is 7.11 Å². The molecule has 1 amide bonds. The van der Waals surface area contributed by atoms with Crippen molar-refractivity contribution in [3.05, 3.63) is 70.9 Å². The molecule has 0 saturated carbocycles. The molecule has 0 saturated heterocycles. The Balaban J connectivity index is 1.67. The molecule has 2 aromatic carbocycles. The Morgan fingerprint density at radius 2 is 1.59 bits per heavy atom. The zero-order chi connectivity index (χ0) is 19.0. The molecule has 5 nitrogen and oxygen atoms in total. The summed E-state index contributed by atoms with van der Waals surface area (Å²) < 4.78 is 5.20. The van der Waals surface area contributed by atoms with Gasteiger partial charge >= 0.3 is 0 Å². The minimum absolute atomic E-state index is 0.0426. The number of hydrogen-bond acceptors (Lipinski definition) is 4.